The van der Waals surface area contributed by atoms with Crippen LogP contribution in [0.1, 0.15) is 59.3 Å². The number of hydrogen-bond acceptors (Lipinski definition) is 4. The molecule has 2 N–H and O–H groups in total. The van der Waals surface area contributed by atoms with Crippen LogP contribution in [0.25, 0.3) is 0 Å². The highest BCUT2D eigenvalue weighted by Crippen LogP contribution is 2.57. The molecule has 0 bridgehead atoms. The lowest BCUT2D eigenvalue weighted by Gasteiger charge is -2.25. The Morgan fingerprint density at radius 3 is 2.47 bits per heavy atom. The molecular weight excluding hydrogens is 480 g/mol. The Morgan fingerprint density at radius 1 is 1.21 bits per heavy atom. The maximum absolute atomic E-state index is 13.5. The van der Waals surface area contributed by atoms with Crippen LogP contribution >= 0.6 is 23.2 Å². The Labute approximate surface area is 206 Å². The number of carbonyl (C=O) groups is 1. The monoisotopic (exact) mass is 505 g/mol. The Kier molecular flexibility index (Phi) is 5.73. The van der Waals surface area contributed by atoms with E-state index in [2.05, 4.69) is 10.4 Å². The van der Waals surface area contributed by atoms with Gasteiger partial charge in [-0.1, -0.05) is 23.2 Å². The minimum absolute atomic E-state index is 0.0520. The van der Waals surface area contributed by atoms with Crippen molar-refractivity contribution in [2.75, 3.05) is 5.32 Å². The first kappa shape index (κ1) is 23.3. The molecule has 0 aliphatic heterocycles. The number of aryl methyl sites for hydroxylation is 2. The number of fused-ring (bicyclic) bond motifs is 1. The normalized spacial score (nSPS) is 26.1. The Bertz CT molecular complexity index is 1250. The highest BCUT2D eigenvalue weighted by atomic mass is 35.5. The van der Waals surface area contributed by atoms with Gasteiger partial charge in [-0.25, -0.2) is 9.37 Å². The van der Waals surface area contributed by atoms with Gasteiger partial charge in [-0.15, -0.1) is 0 Å². The Balaban J connectivity index is 1.37. The minimum atomic E-state index is -0.995. The number of nitrogens with one attached hydrogen (secondary N) is 1. The quantitative estimate of drug-likeness (QED) is 0.525. The first-order valence-electron chi connectivity index (χ1n) is 11.3. The van der Waals surface area contributed by atoms with Gasteiger partial charge in [0.1, 0.15) is 22.9 Å². The second-order valence-corrected chi connectivity index (χ2v) is 10.4. The molecule has 2 saturated carbocycles. The van der Waals surface area contributed by atoms with Gasteiger partial charge in [0.25, 0.3) is 5.91 Å². The van der Waals surface area contributed by atoms with Crippen molar-refractivity contribution in [2.45, 2.75) is 44.1 Å². The zero-order chi connectivity index (χ0) is 24.4. The number of aliphatic hydroxyl groups is 1. The first-order valence-corrected chi connectivity index (χ1v) is 12.0. The number of halogens is 3. The molecular formula is C24H26Cl2FN5O2. The molecule has 7 nitrogen and oxygen atoms in total. The van der Waals surface area contributed by atoms with Crippen LogP contribution in [0, 0.1) is 24.6 Å². The molecule has 2 heterocycles. The van der Waals surface area contributed by atoms with E-state index in [-0.39, 0.29) is 16.8 Å². The average Bonchev–Trinajstić information content (AvgIpc) is 3.47. The van der Waals surface area contributed by atoms with Gasteiger partial charge in [0, 0.05) is 25.7 Å². The summed E-state index contributed by atoms with van der Waals surface area (Å²) >= 11 is 12.2. The number of nitrogens with zero attached hydrogens (tertiary/aromatic N) is 4. The largest absolute Gasteiger partial charge is 0.383 e. The summed E-state index contributed by atoms with van der Waals surface area (Å²) in [6, 6.07) is 4.09. The molecule has 0 spiro atoms. The number of hydrogen-bond donors (Lipinski definition) is 2. The summed E-state index contributed by atoms with van der Waals surface area (Å²) in [5, 5.41) is 18.9. The van der Waals surface area contributed by atoms with Crippen molar-refractivity contribution < 1.29 is 14.3 Å². The standard InChI is InChI=1S/C24H26Cl2FN5O2/c1-12-29-20(21(31(12)2)23(33)30-16-4-5-19(27)17(25)8-16)13-6-14-9-24(34,10-15(14)7-13)22-18(26)11-28-32(22)3/h4-5,8,11,13-15,34H,6-7,9-10H2,1-3H3,(H,30,33). The molecule has 2 aromatic heterocycles. The lowest BCUT2D eigenvalue weighted by atomic mass is 9.90. The van der Waals surface area contributed by atoms with E-state index in [0.717, 1.165) is 24.4 Å². The summed E-state index contributed by atoms with van der Waals surface area (Å²) in [4.78, 5) is 18.0. The number of benzene rings is 1. The summed E-state index contributed by atoms with van der Waals surface area (Å²) in [6.07, 6.45) is 4.45. The predicted molar refractivity (Wildman–Crippen MR) is 128 cm³/mol. The average molecular weight is 506 g/mol. The molecule has 2 unspecified atom stereocenters. The molecule has 2 aliphatic carbocycles. The van der Waals surface area contributed by atoms with Crippen LogP contribution in [0.3, 0.4) is 0 Å². The second kappa shape index (κ2) is 8.36. The molecule has 0 radical (unpaired) electrons. The number of rotatable bonds is 4. The van der Waals surface area contributed by atoms with Gasteiger partial charge in [0.2, 0.25) is 0 Å². The number of imidazole rings is 1. The Morgan fingerprint density at radius 2 is 1.88 bits per heavy atom. The molecule has 2 atom stereocenters. The lowest BCUT2D eigenvalue weighted by molar-refractivity contribution is 0.0264. The molecule has 2 fully saturated rings. The fourth-order valence-electron chi connectivity index (χ4n) is 5.97. The third-order valence-corrected chi connectivity index (χ3v) is 8.07. The maximum atomic E-state index is 13.5. The molecule has 10 heteroatoms. The van der Waals surface area contributed by atoms with Gasteiger partial charge in [-0.3, -0.25) is 9.48 Å². The first-order chi connectivity index (χ1) is 16.1. The summed E-state index contributed by atoms with van der Waals surface area (Å²) in [7, 11) is 3.61. The van der Waals surface area contributed by atoms with Gasteiger partial charge < -0.3 is 15.0 Å². The van der Waals surface area contributed by atoms with Crippen LogP contribution in [0.4, 0.5) is 10.1 Å². The van der Waals surface area contributed by atoms with E-state index in [4.69, 9.17) is 28.2 Å². The van der Waals surface area contributed by atoms with E-state index in [1.165, 1.54) is 18.2 Å². The lowest BCUT2D eigenvalue weighted by Crippen LogP contribution is -2.27. The number of anilines is 1. The molecule has 3 aromatic rings. The second-order valence-electron chi connectivity index (χ2n) is 9.63. The van der Waals surface area contributed by atoms with Crippen LogP contribution in [-0.4, -0.2) is 30.3 Å². The third-order valence-electron chi connectivity index (χ3n) is 7.50. The number of aromatic nitrogens is 4. The van der Waals surface area contributed by atoms with Crippen LogP contribution in [-0.2, 0) is 19.7 Å². The van der Waals surface area contributed by atoms with Crippen LogP contribution in [0.5, 0.6) is 0 Å². The minimum Gasteiger partial charge on any atom is -0.383 e. The van der Waals surface area contributed by atoms with Crippen molar-refractivity contribution in [3.63, 3.8) is 0 Å². The zero-order valence-electron chi connectivity index (χ0n) is 19.1. The molecule has 0 saturated heterocycles. The molecule has 5 rings (SSSR count). The van der Waals surface area contributed by atoms with Gasteiger partial charge in [-0.05, 0) is 62.6 Å². The van der Waals surface area contributed by atoms with Crippen molar-refractivity contribution in [3.8, 4) is 0 Å². The number of carbonyl (C=O) groups excluding carboxylic acids is 1. The summed E-state index contributed by atoms with van der Waals surface area (Å²) in [5.41, 5.74) is 1.36. The third kappa shape index (κ3) is 3.82. The van der Waals surface area contributed by atoms with Crippen LogP contribution in [0.15, 0.2) is 24.4 Å². The number of amides is 1. The van der Waals surface area contributed by atoms with Crippen molar-refractivity contribution in [1.29, 1.82) is 0 Å². The molecule has 1 amide bonds. The van der Waals surface area contributed by atoms with Crippen LogP contribution in [0.2, 0.25) is 10.0 Å². The molecule has 34 heavy (non-hydrogen) atoms. The summed E-state index contributed by atoms with van der Waals surface area (Å²) in [5.74, 6) is 0.606. The fraction of sp³-hybridized carbons (Fsp3) is 0.458. The van der Waals surface area contributed by atoms with Gasteiger partial charge in [0.05, 0.1) is 27.6 Å². The molecule has 2 aliphatic rings. The molecule has 180 valence electrons. The highest BCUT2D eigenvalue weighted by molar-refractivity contribution is 6.31. The fourth-order valence-corrected chi connectivity index (χ4v) is 6.49. The van der Waals surface area contributed by atoms with Crippen molar-refractivity contribution in [2.24, 2.45) is 25.9 Å². The summed E-state index contributed by atoms with van der Waals surface area (Å²) < 4.78 is 17.0. The van der Waals surface area contributed by atoms with E-state index in [0.29, 0.717) is 46.8 Å². The van der Waals surface area contributed by atoms with Gasteiger partial charge >= 0.3 is 0 Å². The van der Waals surface area contributed by atoms with E-state index < -0.39 is 11.4 Å². The topological polar surface area (TPSA) is 85.0 Å². The highest BCUT2D eigenvalue weighted by Gasteiger charge is 2.52. The zero-order valence-corrected chi connectivity index (χ0v) is 20.7. The predicted octanol–water partition coefficient (Wildman–Crippen LogP) is 4.95. The van der Waals surface area contributed by atoms with Gasteiger partial charge in [-0.2, -0.15) is 5.10 Å². The van der Waals surface area contributed by atoms with E-state index in [1.54, 1.807) is 22.5 Å². The SMILES string of the molecule is Cc1nc(C2CC3CC(O)(c4c(Cl)cnn4C)CC3C2)c(C(=O)Nc2ccc(F)c(Cl)c2)n1C. The van der Waals surface area contributed by atoms with Crippen molar-refractivity contribution in [1.82, 2.24) is 19.3 Å². The Hall–Kier alpha value is -2.42. The smallest absolute Gasteiger partial charge is 0.274 e. The molecule has 1 aromatic carbocycles. The van der Waals surface area contributed by atoms with E-state index in [1.807, 2.05) is 14.0 Å². The van der Waals surface area contributed by atoms with E-state index >= 15 is 0 Å². The summed E-state index contributed by atoms with van der Waals surface area (Å²) in [6.45, 7) is 1.87. The maximum Gasteiger partial charge on any atom is 0.274 e. The van der Waals surface area contributed by atoms with Crippen LogP contribution < -0.4 is 5.32 Å². The van der Waals surface area contributed by atoms with Crippen molar-refractivity contribution >= 4 is 34.8 Å². The van der Waals surface area contributed by atoms with Gasteiger partial charge in [0.15, 0.2) is 0 Å². The van der Waals surface area contributed by atoms with Crippen molar-refractivity contribution in [3.05, 3.63) is 63.2 Å². The van der Waals surface area contributed by atoms with E-state index in [9.17, 15) is 14.3 Å².